The molecule has 8 nitrogen and oxygen atoms in total. The number of carbonyl (C=O) groups excluding carboxylic acids is 1. The van der Waals surface area contributed by atoms with E-state index in [1.54, 1.807) is 37.6 Å². The lowest BCUT2D eigenvalue weighted by molar-refractivity contribution is -0.106. The molecular weight excluding hydrogens is 346 g/mol. The van der Waals surface area contributed by atoms with E-state index in [9.17, 15) is 13.6 Å². The minimum atomic E-state index is -3.03. The van der Waals surface area contributed by atoms with Crippen LogP contribution in [0.2, 0.25) is 0 Å². The molecule has 1 N–H and O–H groups in total. The number of amides is 1. The van der Waals surface area contributed by atoms with Crippen LogP contribution in [0.5, 0.6) is 0 Å². The van der Waals surface area contributed by atoms with Crippen LogP contribution in [0.15, 0.2) is 18.7 Å². The van der Waals surface area contributed by atoms with E-state index in [-0.39, 0.29) is 19.5 Å². The molecular formula is C16H22F2N6O2. The van der Waals surface area contributed by atoms with Gasteiger partial charge in [0.1, 0.15) is 11.9 Å². The quantitative estimate of drug-likeness (QED) is 0.896. The van der Waals surface area contributed by atoms with E-state index in [1.807, 2.05) is 0 Å². The highest BCUT2D eigenvalue weighted by molar-refractivity contribution is 5.68. The van der Waals surface area contributed by atoms with Crippen LogP contribution in [0.4, 0.5) is 19.4 Å². The molecule has 0 bridgehead atoms. The summed E-state index contributed by atoms with van der Waals surface area (Å²) in [6, 6.07) is 0. The lowest BCUT2D eigenvalue weighted by Crippen LogP contribution is -2.53. The molecule has 0 aliphatic carbocycles. The van der Waals surface area contributed by atoms with E-state index in [1.165, 1.54) is 6.33 Å². The van der Waals surface area contributed by atoms with Gasteiger partial charge in [0, 0.05) is 31.4 Å². The molecule has 1 aliphatic rings. The first-order valence-corrected chi connectivity index (χ1v) is 8.40. The zero-order valence-corrected chi connectivity index (χ0v) is 14.9. The van der Waals surface area contributed by atoms with Gasteiger partial charge >= 0.3 is 6.09 Å². The summed E-state index contributed by atoms with van der Waals surface area (Å²) in [4.78, 5) is 17.2. The number of halogens is 2. The first-order chi connectivity index (χ1) is 12.2. The molecule has 1 aliphatic heterocycles. The average molecular weight is 368 g/mol. The molecule has 2 aromatic rings. The van der Waals surface area contributed by atoms with Gasteiger partial charge in [0.25, 0.3) is 5.92 Å². The fourth-order valence-corrected chi connectivity index (χ4v) is 2.82. The van der Waals surface area contributed by atoms with Crippen molar-refractivity contribution in [2.45, 2.75) is 38.7 Å². The van der Waals surface area contributed by atoms with Crippen LogP contribution in [-0.4, -0.2) is 61.7 Å². The number of aromatic nitrogens is 4. The van der Waals surface area contributed by atoms with Crippen molar-refractivity contribution in [2.24, 2.45) is 5.92 Å². The summed E-state index contributed by atoms with van der Waals surface area (Å²) in [5, 5.41) is 10.6. The summed E-state index contributed by atoms with van der Waals surface area (Å²) in [7, 11) is 0. The summed E-state index contributed by atoms with van der Waals surface area (Å²) < 4.78 is 35.9. The van der Waals surface area contributed by atoms with Crippen molar-refractivity contribution in [3.8, 4) is 0 Å². The van der Waals surface area contributed by atoms with Gasteiger partial charge in [-0.15, -0.1) is 10.2 Å². The fourth-order valence-electron chi connectivity index (χ4n) is 2.82. The highest BCUT2D eigenvalue weighted by Crippen LogP contribution is 2.33. The average Bonchev–Trinajstić information content (AvgIpc) is 3.00. The third kappa shape index (κ3) is 4.00. The van der Waals surface area contributed by atoms with Crippen LogP contribution >= 0.6 is 0 Å². The number of alkyl halides is 2. The van der Waals surface area contributed by atoms with Crippen LogP contribution in [0, 0.1) is 5.92 Å². The molecule has 0 saturated carbocycles. The van der Waals surface area contributed by atoms with Crippen LogP contribution in [0.1, 0.15) is 27.2 Å². The zero-order valence-electron chi connectivity index (χ0n) is 14.9. The largest absolute Gasteiger partial charge is 0.444 e. The molecule has 1 fully saturated rings. The first kappa shape index (κ1) is 18.3. The number of ether oxygens (including phenoxy) is 1. The van der Waals surface area contributed by atoms with E-state index in [4.69, 9.17) is 4.74 Å². The van der Waals surface area contributed by atoms with Crippen molar-refractivity contribution in [1.29, 1.82) is 0 Å². The van der Waals surface area contributed by atoms with Gasteiger partial charge in [-0.1, -0.05) is 0 Å². The molecule has 142 valence electrons. The zero-order chi connectivity index (χ0) is 18.9. The van der Waals surface area contributed by atoms with Gasteiger partial charge < -0.3 is 15.0 Å². The highest BCUT2D eigenvalue weighted by Gasteiger charge is 2.46. The Morgan fingerprint density at radius 1 is 1.46 bits per heavy atom. The van der Waals surface area contributed by atoms with Crippen molar-refractivity contribution in [3.05, 3.63) is 18.7 Å². The number of hydrogen-bond donors (Lipinski definition) is 1. The van der Waals surface area contributed by atoms with E-state index >= 15 is 0 Å². The Labute approximate surface area is 149 Å². The summed E-state index contributed by atoms with van der Waals surface area (Å²) in [5.74, 6) is -3.55. The third-order valence-electron chi connectivity index (χ3n) is 4.13. The summed E-state index contributed by atoms with van der Waals surface area (Å²) >= 11 is 0. The topological polar surface area (TPSA) is 84.7 Å². The van der Waals surface area contributed by atoms with Crippen molar-refractivity contribution in [1.82, 2.24) is 24.5 Å². The lowest BCUT2D eigenvalue weighted by atomic mass is 9.93. The molecule has 1 saturated heterocycles. The molecule has 0 radical (unpaired) electrons. The summed E-state index contributed by atoms with van der Waals surface area (Å²) in [5.41, 5.74) is -0.241. The fraction of sp³-hybridized carbons (Fsp3) is 0.625. The van der Waals surface area contributed by atoms with Crippen LogP contribution in [0.3, 0.4) is 0 Å². The number of hydrogen-bond acceptors (Lipinski definition) is 6. The number of anilines is 1. The SMILES string of the molecule is CC(C)(C)OC(=O)N1CCC(CNc2nccn3cnnc23)C(F)(F)C1. The van der Waals surface area contributed by atoms with Crippen molar-refractivity contribution < 1.29 is 18.3 Å². The minimum Gasteiger partial charge on any atom is -0.444 e. The molecule has 2 aromatic heterocycles. The Kier molecular flexibility index (Phi) is 4.68. The highest BCUT2D eigenvalue weighted by atomic mass is 19.3. The maximum absolute atomic E-state index is 14.5. The first-order valence-electron chi connectivity index (χ1n) is 8.40. The second kappa shape index (κ2) is 6.65. The predicted octanol–water partition coefficient (Wildman–Crippen LogP) is 2.43. The standard InChI is InChI=1S/C16H22F2N6O2/c1-15(2,3)26-14(25)23-6-4-11(16(17,18)9-23)8-20-12-13-22-21-10-24(13)7-5-19-12/h5,7,10-11H,4,6,8-9H2,1-3H3,(H,19,20). The minimum absolute atomic E-state index is 0.0225. The molecule has 1 atom stereocenters. The van der Waals surface area contributed by atoms with Gasteiger partial charge in [0.2, 0.25) is 5.65 Å². The monoisotopic (exact) mass is 368 g/mol. The van der Waals surface area contributed by atoms with E-state index in [0.717, 1.165) is 4.90 Å². The van der Waals surface area contributed by atoms with E-state index < -0.39 is 30.1 Å². The van der Waals surface area contributed by atoms with E-state index in [2.05, 4.69) is 20.5 Å². The third-order valence-corrected chi connectivity index (χ3v) is 4.13. The molecule has 3 heterocycles. The molecule has 1 unspecified atom stereocenters. The van der Waals surface area contributed by atoms with Crippen molar-refractivity contribution in [3.63, 3.8) is 0 Å². The molecule has 1 amide bonds. The molecule has 10 heteroatoms. The Morgan fingerprint density at radius 2 is 2.23 bits per heavy atom. The van der Waals surface area contributed by atoms with Gasteiger partial charge in [-0.05, 0) is 27.2 Å². The van der Waals surface area contributed by atoms with Gasteiger partial charge in [0.15, 0.2) is 5.82 Å². The van der Waals surface area contributed by atoms with Crippen LogP contribution in [-0.2, 0) is 4.74 Å². The summed E-state index contributed by atoms with van der Waals surface area (Å²) in [6.07, 6.45) is 4.18. The Bertz CT molecular complexity index is 788. The molecule has 0 aromatic carbocycles. The second-order valence-corrected chi connectivity index (χ2v) is 7.37. The summed E-state index contributed by atoms with van der Waals surface area (Å²) in [6.45, 7) is 4.71. The lowest BCUT2D eigenvalue weighted by Gasteiger charge is -2.38. The molecule has 0 spiro atoms. The van der Waals surface area contributed by atoms with Crippen molar-refractivity contribution >= 4 is 17.6 Å². The van der Waals surface area contributed by atoms with Gasteiger partial charge in [-0.25, -0.2) is 18.6 Å². The number of piperidine rings is 1. The number of carbonyl (C=O) groups is 1. The predicted molar refractivity (Wildman–Crippen MR) is 90.1 cm³/mol. The maximum atomic E-state index is 14.5. The maximum Gasteiger partial charge on any atom is 0.410 e. The van der Waals surface area contributed by atoms with Gasteiger partial charge in [0.05, 0.1) is 6.54 Å². The molecule has 3 rings (SSSR count). The van der Waals surface area contributed by atoms with Crippen LogP contribution in [0.25, 0.3) is 5.65 Å². The smallest absolute Gasteiger partial charge is 0.410 e. The van der Waals surface area contributed by atoms with Gasteiger partial charge in [-0.2, -0.15) is 0 Å². The number of nitrogens with one attached hydrogen (secondary N) is 1. The number of rotatable bonds is 3. The van der Waals surface area contributed by atoms with E-state index in [0.29, 0.717) is 11.5 Å². The Balaban J connectivity index is 1.62. The van der Waals surface area contributed by atoms with Crippen LogP contribution < -0.4 is 5.32 Å². The number of fused-ring (bicyclic) bond motifs is 1. The number of nitrogens with zero attached hydrogens (tertiary/aromatic N) is 5. The molecule has 26 heavy (non-hydrogen) atoms. The second-order valence-electron chi connectivity index (χ2n) is 7.37. The number of likely N-dealkylation sites (tertiary alicyclic amines) is 1. The van der Waals surface area contributed by atoms with Gasteiger partial charge in [-0.3, -0.25) is 4.40 Å². The Morgan fingerprint density at radius 3 is 2.92 bits per heavy atom. The normalized spacial score (nSPS) is 20.2. The Hall–Kier alpha value is -2.52. The van der Waals surface area contributed by atoms with Crippen molar-refractivity contribution in [2.75, 3.05) is 25.0 Å².